The molecule has 0 spiro atoms. The van der Waals surface area contributed by atoms with Crippen molar-refractivity contribution in [2.75, 3.05) is 0 Å². The van der Waals surface area contributed by atoms with E-state index in [4.69, 9.17) is 5.21 Å². The zero-order valence-electron chi connectivity index (χ0n) is 4.81. The Morgan fingerprint density at radius 2 is 2.29 bits per heavy atom. The van der Waals surface area contributed by atoms with Crippen LogP contribution in [0.4, 0.5) is 0 Å². The van der Waals surface area contributed by atoms with Crippen molar-refractivity contribution in [2.24, 2.45) is 5.16 Å². The van der Waals surface area contributed by atoms with E-state index in [1.54, 1.807) is 0 Å². The summed E-state index contributed by atoms with van der Waals surface area (Å²) in [5.41, 5.74) is 0.808. The molecule has 0 aliphatic rings. The van der Waals surface area contributed by atoms with Crippen molar-refractivity contribution < 1.29 is 5.21 Å². The van der Waals surface area contributed by atoms with E-state index in [1.807, 2.05) is 6.92 Å². The maximum atomic E-state index is 8.05. The standard InChI is InChI=1S/C5H11NO/c1-3-4-5(2)6-7/h7H,3-4H2,1-2H3/b6-5+. The lowest BCUT2D eigenvalue weighted by Gasteiger charge is -1.87. The number of nitrogens with zero attached hydrogens (tertiary/aromatic N) is 1. The zero-order chi connectivity index (χ0) is 5.70. The van der Waals surface area contributed by atoms with Gasteiger partial charge in [0.1, 0.15) is 0 Å². The predicted molar refractivity (Wildman–Crippen MR) is 29.8 cm³/mol. The molecule has 0 atom stereocenters. The van der Waals surface area contributed by atoms with Crippen LogP contribution in [-0.4, -0.2) is 10.9 Å². The second-order valence-electron chi connectivity index (χ2n) is 1.59. The van der Waals surface area contributed by atoms with Gasteiger partial charge in [-0.1, -0.05) is 18.5 Å². The van der Waals surface area contributed by atoms with E-state index in [0.29, 0.717) is 0 Å². The van der Waals surface area contributed by atoms with Crippen molar-refractivity contribution in [3.63, 3.8) is 0 Å². The van der Waals surface area contributed by atoms with E-state index in [2.05, 4.69) is 12.1 Å². The third-order valence-corrected chi connectivity index (χ3v) is 0.783. The fraction of sp³-hybridized carbons (Fsp3) is 0.800. The molecule has 0 aliphatic carbocycles. The highest BCUT2D eigenvalue weighted by molar-refractivity contribution is 5.81. The topological polar surface area (TPSA) is 32.6 Å². The number of hydrogen-bond acceptors (Lipinski definition) is 2. The van der Waals surface area contributed by atoms with Gasteiger partial charge in [0.15, 0.2) is 0 Å². The highest BCUT2D eigenvalue weighted by Gasteiger charge is 1.84. The minimum atomic E-state index is 0.808. The Labute approximate surface area is 43.8 Å². The second-order valence-corrected chi connectivity index (χ2v) is 1.59. The van der Waals surface area contributed by atoms with E-state index in [0.717, 1.165) is 18.6 Å². The molecule has 0 aromatic heterocycles. The fourth-order valence-electron chi connectivity index (χ4n) is 0.412. The first-order valence-corrected chi connectivity index (χ1v) is 2.48. The number of rotatable bonds is 2. The molecule has 0 bridgehead atoms. The van der Waals surface area contributed by atoms with E-state index in [1.165, 1.54) is 0 Å². The van der Waals surface area contributed by atoms with Crippen LogP contribution in [0.2, 0.25) is 0 Å². The molecule has 0 amide bonds. The molecular formula is C5H11NO. The molecule has 7 heavy (non-hydrogen) atoms. The predicted octanol–water partition coefficient (Wildman–Crippen LogP) is 1.64. The van der Waals surface area contributed by atoms with Gasteiger partial charge in [0, 0.05) is 0 Å². The van der Waals surface area contributed by atoms with Gasteiger partial charge in [-0.3, -0.25) is 0 Å². The van der Waals surface area contributed by atoms with Gasteiger partial charge < -0.3 is 5.21 Å². The van der Waals surface area contributed by atoms with Crippen LogP contribution in [0, 0.1) is 0 Å². The Kier molecular flexibility index (Phi) is 3.38. The Hall–Kier alpha value is -0.530. The molecule has 0 aromatic rings. The van der Waals surface area contributed by atoms with Crippen LogP contribution in [0.5, 0.6) is 0 Å². The van der Waals surface area contributed by atoms with E-state index >= 15 is 0 Å². The van der Waals surface area contributed by atoms with Crippen molar-refractivity contribution >= 4 is 5.71 Å². The van der Waals surface area contributed by atoms with Crippen LogP contribution in [0.1, 0.15) is 26.7 Å². The quantitative estimate of drug-likeness (QED) is 0.320. The molecule has 0 saturated heterocycles. The summed E-state index contributed by atoms with van der Waals surface area (Å²) < 4.78 is 0. The van der Waals surface area contributed by atoms with Crippen LogP contribution in [0.15, 0.2) is 5.16 Å². The van der Waals surface area contributed by atoms with E-state index < -0.39 is 0 Å². The summed E-state index contributed by atoms with van der Waals surface area (Å²) in [4.78, 5) is 0. The lowest BCUT2D eigenvalue weighted by atomic mass is 10.2. The third-order valence-electron chi connectivity index (χ3n) is 0.783. The van der Waals surface area contributed by atoms with Gasteiger partial charge in [-0.25, -0.2) is 0 Å². The lowest BCUT2D eigenvalue weighted by Crippen LogP contribution is -1.87. The van der Waals surface area contributed by atoms with Crippen LogP contribution in [0.3, 0.4) is 0 Å². The van der Waals surface area contributed by atoms with Crippen LogP contribution in [0.25, 0.3) is 0 Å². The molecule has 0 aromatic carbocycles. The van der Waals surface area contributed by atoms with Crippen molar-refractivity contribution in [1.29, 1.82) is 0 Å². The normalized spacial score (nSPS) is 12.0. The molecule has 1 N–H and O–H groups in total. The van der Waals surface area contributed by atoms with Gasteiger partial charge in [-0.15, -0.1) is 0 Å². The molecule has 0 aliphatic heterocycles. The summed E-state index contributed by atoms with van der Waals surface area (Å²) in [5, 5.41) is 11.0. The average molecular weight is 101 g/mol. The SMILES string of the molecule is CCC/C(C)=N/O. The van der Waals surface area contributed by atoms with Crippen LogP contribution < -0.4 is 0 Å². The summed E-state index contributed by atoms with van der Waals surface area (Å²) in [7, 11) is 0. The molecular weight excluding hydrogens is 90.1 g/mol. The van der Waals surface area contributed by atoms with E-state index in [9.17, 15) is 0 Å². The maximum Gasteiger partial charge on any atom is 0.0539 e. The molecule has 0 radical (unpaired) electrons. The lowest BCUT2D eigenvalue weighted by molar-refractivity contribution is 0.317. The highest BCUT2D eigenvalue weighted by atomic mass is 16.4. The molecule has 42 valence electrons. The van der Waals surface area contributed by atoms with Gasteiger partial charge >= 0.3 is 0 Å². The van der Waals surface area contributed by atoms with E-state index in [-0.39, 0.29) is 0 Å². The largest absolute Gasteiger partial charge is 0.411 e. The monoisotopic (exact) mass is 101 g/mol. The zero-order valence-corrected chi connectivity index (χ0v) is 4.81. The Balaban J connectivity index is 3.17. The first kappa shape index (κ1) is 6.47. The Morgan fingerprint density at radius 3 is 2.43 bits per heavy atom. The number of hydrogen-bond donors (Lipinski definition) is 1. The first-order valence-electron chi connectivity index (χ1n) is 2.48. The molecule has 0 heterocycles. The maximum absolute atomic E-state index is 8.05. The van der Waals surface area contributed by atoms with Crippen molar-refractivity contribution in [3.8, 4) is 0 Å². The van der Waals surface area contributed by atoms with Crippen LogP contribution in [-0.2, 0) is 0 Å². The minimum absolute atomic E-state index is 0.808. The first-order chi connectivity index (χ1) is 3.31. The Bertz CT molecular complexity index is 68.5. The molecule has 0 rings (SSSR count). The third kappa shape index (κ3) is 3.30. The number of oxime groups is 1. The summed E-state index contributed by atoms with van der Waals surface area (Å²) in [6.45, 7) is 3.86. The summed E-state index contributed by atoms with van der Waals surface area (Å²) >= 11 is 0. The second kappa shape index (κ2) is 3.65. The summed E-state index contributed by atoms with van der Waals surface area (Å²) in [6.07, 6.45) is 1.95. The average Bonchev–Trinajstić information content (AvgIpc) is 1.68. The minimum Gasteiger partial charge on any atom is -0.411 e. The van der Waals surface area contributed by atoms with Gasteiger partial charge in [-0.2, -0.15) is 0 Å². The smallest absolute Gasteiger partial charge is 0.0539 e. The molecule has 0 saturated carbocycles. The highest BCUT2D eigenvalue weighted by Crippen LogP contribution is 1.88. The van der Waals surface area contributed by atoms with Crippen LogP contribution >= 0.6 is 0 Å². The van der Waals surface area contributed by atoms with Crippen molar-refractivity contribution in [3.05, 3.63) is 0 Å². The van der Waals surface area contributed by atoms with Crippen molar-refractivity contribution in [2.45, 2.75) is 26.7 Å². The summed E-state index contributed by atoms with van der Waals surface area (Å²) in [5.74, 6) is 0. The van der Waals surface area contributed by atoms with Gasteiger partial charge in [0.25, 0.3) is 0 Å². The van der Waals surface area contributed by atoms with Gasteiger partial charge in [0.2, 0.25) is 0 Å². The van der Waals surface area contributed by atoms with Gasteiger partial charge in [-0.05, 0) is 13.3 Å². The fourth-order valence-corrected chi connectivity index (χ4v) is 0.412. The molecule has 2 nitrogen and oxygen atoms in total. The molecule has 0 fully saturated rings. The Morgan fingerprint density at radius 1 is 1.71 bits per heavy atom. The van der Waals surface area contributed by atoms with Gasteiger partial charge in [0.05, 0.1) is 5.71 Å². The molecule has 2 heteroatoms. The summed E-state index contributed by atoms with van der Waals surface area (Å²) in [6, 6.07) is 0. The van der Waals surface area contributed by atoms with Crippen molar-refractivity contribution in [1.82, 2.24) is 0 Å². The molecule has 0 unspecified atom stereocenters.